The highest BCUT2D eigenvalue weighted by molar-refractivity contribution is 7.91. The molecule has 0 spiro atoms. The lowest BCUT2D eigenvalue weighted by molar-refractivity contribution is -0.121. The van der Waals surface area contributed by atoms with Crippen LogP contribution >= 0.6 is 0 Å². The van der Waals surface area contributed by atoms with E-state index < -0.39 is 9.84 Å². The van der Waals surface area contributed by atoms with Crippen molar-refractivity contribution in [2.45, 2.75) is 31.3 Å². The van der Waals surface area contributed by atoms with Crippen molar-refractivity contribution in [3.05, 3.63) is 54.4 Å². The van der Waals surface area contributed by atoms with Crippen LogP contribution in [0.2, 0.25) is 0 Å². The van der Waals surface area contributed by atoms with E-state index in [-0.39, 0.29) is 35.9 Å². The number of amides is 1. The molecule has 2 aliphatic heterocycles. The molecule has 27 heavy (non-hydrogen) atoms. The van der Waals surface area contributed by atoms with Crippen LogP contribution in [-0.2, 0) is 21.1 Å². The molecule has 1 aromatic heterocycles. The Hall–Kier alpha value is -2.12. The highest BCUT2D eigenvalue weighted by Crippen LogP contribution is 2.23. The van der Waals surface area contributed by atoms with E-state index >= 15 is 0 Å². The lowest BCUT2D eigenvalue weighted by Crippen LogP contribution is -2.50. The van der Waals surface area contributed by atoms with Crippen LogP contribution in [0.25, 0.3) is 5.69 Å². The maximum atomic E-state index is 12.5. The summed E-state index contributed by atoms with van der Waals surface area (Å²) in [6.45, 7) is 1.85. The smallest absolute Gasteiger partial charge is 0.224 e. The van der Waals surface area contributed by atoms with Crippen LogP contribution in [0.4, 0.5) is 0 Å². The molecule has 144 valence electrons. The van der Waals surface area contributed by atoms with Crippen LogP contribution in [0.3, 0.4) is 0 Å². The first kappa shape index (κ1) is 18.3. The molecule has 0 saturated carbocycles. The number of hydrogen-bond donors (Lipinski definition) is 1. The molecule has 2 unspecified atom stereocenters. The van der Waals surface area contributed by atoms with E-state index in [0.29, 0.717) is 0 Å². The molecule has 3 heterocycles. The molecule has 1 amide bonds. The second-order valence-corrected chi connectivity index (χ2v) is 9.65. The largest absolute Gasteiger partial charge is 0.350 e. The number of sulfone groups is 1. The van der Waals surface area contributed by atoms with Crippen molar-refractivity contribution < 1.29 is 13.2 Å². The Kier molecular flexibility index (Phi) is 5.06. The maximum Gasteiger partial charge on any atom is 0.224 e. The van der Waals surface area contributed by atoms with Gasteiger partial charge in [-0.3, -0.25) is 9.69 Å². The summed E-state index contributed by atoms with van der Waals surface area (Å²) in [6.07, 6.45) is 6.41. The van der Waals surface area contributed by atoms with Crippen LogP contribution in [0.5, 0.6) is 0 Å². The minimum absolute atomic E-state index is 0.0481. The SMILES string of the molecule is O=C(Cc1ccc(-n2cccc2)cc1)NC1CS(=O)(=O)CC1N1CCCC1. The van der Waals surface area contributed by atoms with E-state index in [1.54, 1.807) is 0 Å². The number of likely N-dealkylation sites (tertiary alicyclic amines) is 1. The molecule has 2 saturated heterocycles. The topological polar surface area (TPSA) is 71.4 Å². The van der Waals surface area contributed by atoms with Crippen molar-refractivity contribution in [1.29, 1.82) is 0 Å². The molecule has 2 atom stereocenters. The van der Waals surface area contributed by atoms with E-state index in [4.69, 9.17) is 0 Å². The average molecular weight is 388 g/mol. The minimum Gasteiger partial charge on any atom is -0.350 e. The molecule has 4 rings (SSSR count). The predicted molar refractivity (Wildman–Crippen MR) is 105 cm³/mol. The molecular formula is C20H25N3O3S. The standard InChI is InChI=1S/C20H25N3O3S/c24-20(13-16-5-7-17(8-6-16)22-9-1-2-10-22)21-18-14-27(25,26)15-19(18)23-11-3-4-12-23/h1-2,5-10,18-19H,3-4,11-15H2,(H,21,24). The second kappa shape index (κ2) is 7.48. The first-order valence-electron chi connectivity index (χ1n) is 9.46. The Morgan fingerprint density at radius 2 is 1.70 bits per heavy atom. The molecule has 6 nitrogen and oxygen atoms in total. The number of hydrogen-bond acceptors (Lipinski definition) is 4. The third kappa shape index (κ3) is 4.25. The van der Waals surface area contributed by atoms with Gasteiger partial charge in [0.2, 0.25) is 5.91 Å². The summed E-state index contributed by atoms with van der Waals surface area (Å²) in [6, 6.07) is 11.4. The summed E-state index contributed by atoms with van der Waals surface area (Å²) in [5.41, 5.74) is 1.96. The van der Waals surface area contributed by atoms with E-state index in [1.165, 1.54) is 0 Å². The molecular weight excluding hydrogens is 362 g/mol. The van der Waals surface area contributed by atoms with Crippen LogP contribution in [-0.4, -0.2) is 60.5 Å². The van der Waals surface area contributed by atoms with E-state index in [0.717, 1.165) is 37.2 Å². The lowest BCUT2D eigenvalue weighted by atomic mass is 10.1. The summed E-state index contributed by atoms with van der Waals surface area (Å²) in [7, 11) is -3.09. The van der Waals surface area contributed by atoms with Gasteiger partial charge in [-0.1, -0.05) is 12.1 Å². The zero-order chi connectivity index (χ0) is 18.9. The van der Waals surface area contributed by atoms with Gasteiger partial charge in [-0.15, -0.1) is 0 Å². The Morgan fingerprint density at radius 3 is 2.37 bits per heavy atom. The molecule has 0 aliphatic carbocycles. The average Bonchev–Trinajstić information content (AvgIpc) is 3.36. The molecule has 2 aromatic rings. The Morgan fingerprint density at radius 1 is 1.04 bits per heavy atom. The number of carbonyl (C=O) groups is 1. The first-order valence-corrected chi connectivity index (χ1v) is 11.3. The molecule has 2 aliphatic rings. The monoisotopic (exact) mass is 387 g/mol. The highest BCUT2D eigenvalue weighted by Gasteiger charge is 2.42. The van der Waals surface area contributed by atoms with Crippen molar-refractivity contribution in [3.8, 4) is 5.69 Å². The fourth-order valence-corrected chi connectivity index (χ4v) is 6.09. The number of carbonyl (C=O) groups excluding carboxylic acids is 1. The van der Waals surface area contributed by atoms with Crippen molar-refractivity contribution in [2.75, 3.05) is 24.6 Å². The van der Waals surface area contributed by atoms with Gasteiger partial charge < -0.3 is 9.88 Å². The second-order valence-electron chi connectivity index (χ2n) is 7.49. The van der Waals surface area contributed by atoms with Gasteiger partial charge in [-0.05, 0) is 55.8 Å². The van der Waals surface area contributed by atoms with Gasteiger partial charge in [-0.25, -0.2) is 8.42 Å². The van der Waals surface area contributed by atoms with Crippen molar-refractivity contribution in [1.82, 2.24) is 14.8 Å². The van der Waals surface area contributed by atoms with Gasteiger partial charge in [-0.2, -0.15) is 0 Å². The van der Waals surface area contributed by atoms with Crippen LogP contribution in [0.1, 0.15) is 18.4 Å². The molecule has 0 radical (unpaired) electrons. The van der Waals surface area contributed by atoms with Gasteiger partial charge in [0.1, 0.15) is 0 Å². The first-order chi connectivity index (χ1) is 13.0. The number of benzene rings is 1. The van der Waals surface area contributed by atoms with E-state index in [1.807, 2.05) is 53.4 Å². The van der Waals surface area contributed by atoms with Crippen molar-refractivity contribution >= 4 is 15.7 Å². The third-order valence-electron chi connectivity index (χ3n) is 5.48. The number of nitrogens with zero attached hydrogens (tertiary/aromatic N) is 2. The fourth-order valence-electron chi connectivity index (χ4n) is 4.14. The number of aromatic nitrogens is 1. The number of rotatable bonds is 5. The van der Waals surface area contributed by atoms with Crippen LogP contribution < -0.4 is 5.32 Å². The molecule has 0 bridgehead atoms. The van der Waals surface area contributed by atoms with Crippen molar-refractivity contribution in [2.24, 2.45) is 0 Å². The summed E-state index contributed by atoms with van der Waals surface area (Å²) < 4.78 is 26.2. The van der Waals surface area contributed by atoms with Gasteiger partial charge in [0.15, 0.2) is 9.84 Å². The molecule has 1 aromatic carbocycles. The lowest BCUT2D eigenvalue weighted by Gasteiger charge is -2.28. The Bertz CT molecular complexity index is 885. The van der Waals surface area contributed by atoms with E-state index in [9.17, 15) is 13.2 Å². The summed E-state index contributed by atoms with van der Waals surface area (Å²) >= 11 is 0. The normalized spacial score (nSPS) is 24.9. The maximum absolute atomic E-state index is 12.5. The Labute approximate surface area is 160 Å². The van der Waals surface area contributed by atoms with Gasteiger partial charge in [0.25, 0.3) is 0 Å². The highest BCUT2D eigenvalue weighted by atomic mass is 32.2. The van der Waals surface area contributed by atoms with Crippen LogP contribution in [0, 0.1) is 0 Å². The summed E-state index contributed by atoms with van der Waals surface area (Å²) in [5, 5.41) is 2.99. The molecule has 7 heteroatoms. The van der Waals surface area contributed by atoms with Crippen molar-refractivity contribution in [3.63, 3.8) is 0 Å². The minimum atomic E-state index is -3.09. The van der Waals surface area contributed by atoms with Gasteiger partial charge in [0, 0.05) is 24.1 Å². The Balaban J connectivity index is 1.39. The summed E-state index contributed by atoms with van der Waals surface area (Å²) in [5.74, 6) is 0.0886. The van der Waals surface area contributed by atoms with Crippen LogP contribution in [0.15, 0.2) is 48.8 Å². The summed E-state index contributed by atoms with van der Waals surface area (Å²) in [4.78, 5) is 14.7. The third-order valence-corrected chi connectivity index (χ3v) is 7.20. The molecule has 2 fully saturated rings. The zero-order valence-electron chi connectivity index (χ0n) is 15.3. The van der Waals surface area contributed by atoms with E-state index in [2.05, 4.69) is 10.2 Å². The quantitative estimate of drug-likeness (QED) is 0.842. The molecule has 1 N–H and O–H groups in total. The zero-order valence-corrected chi connectivity index (χ0v) is 16.1. The van der Waals surface area contributed by atoms with Gasteiger partial charge in [0.05, 0.1) is 24.0 Å². The predicted octanol–water partition coefficient (Wildman–Crippen LogP) is 1.40. The van der Waals surface area contributed by atoms with Gasteiger partial charge >= 0.3 is 0 Å². The number of nitrogens with one attached hydrogen (secondary N) is 1. The fraction of sp³-hybridized carbons (Fsp3) is 0.450.